The number of hydrogen-bond acceptors (Lipinski definition) is 4. The Hall–Kier alpha value is -3.34. The van der Waals surface area contributed by atoms with E-state index >= 15 is 0 Å². The fourth-order valence-corrected chi connectivity index (χ4v) is 2.56. The van der Waals surface area contributed by atoms with Crippen LogP contribution in [0, 0.1) is 0 Å². The van der Waals surface area contributed by atoms with Gasteiger partial charge in [0.2, 0.25) is 5.91 Å². The van der Waals surface area contributed by atoms with E-state index in [1.54, 1.807) is 25.3 Å². The lowest BCUT2D eigenvalue weighted by atomic mass is 10.0. The number of fused-ring (bicyclic) bond motifs is 1. The highest BCUT2D eigenvalue weighted by Crippen LogP contribution is 2.25. The molecule has 0 bridgehead atoms. The van der Waals surface area contributed by atoms with E-state index in [1.807, 2.05) is 42.5 Å². The molecule has 1 amide bonds. The normalized spacial score (nSPS) is 10.9. The molecule has 3 rings (SSSR count). The molecule has 0 spiro atoms. The summed E-state index contributed by atoms with van der Waals surface area (Å²) in [5.41, 5.74) is 3.92. The number of nitrogens with zero attached hydrogens (tertiary/aromatic N) is 1. The summed E-state index contributed by atoms with van der Waals surface area (Å²) in [6, 6.07) is 18.4. The van der Waals surface area contributed by atoms with Crippen LogP contribution in [0.4, 0.5) is 0 Å². The molecule has 0 saturated carbocycles. The first-order chi connectivity index (χ1) is 12.2. The van der Waals surface area contributed by atoms with E-state index in [0.29, 0.717) is 5.56 Å². The molecule has 0 unspecified atom stereocenters. The molecule has 3 aromatic carbocycles. The second-order valence-electron chi connectivity index (χ2n) is 5.54. The fraction of sp³-hybridized carbons (Fsp3) is 0.100. The smallest absolute Gasteiger partial charge is 0.244 e. The number of phenols is 1. The average Bonchev–Trinajstić information content (AvgIpc) is 2.64. The Morgan fingerprint density at radius 2 is 1.88 bits per heavy atom. The Morgan fingerprint density at radius 1 is 1.12 bits per heavy atom. The molecule has 2 N–H and O–H groups in total. The molecule has 0 saturated heterocycles. The van der Waals surface area contributed by atoms with Crippen molar-refractivity contribution in [3.63, 3.8) is 0 Å². The van der Waals surface area contributed by atoms with Gasteiger partial charge in [0.25, 0.3) is 0 Å². The van der Waals surface area contributed by atoms with Gasteiger partial charge in [0.15, 0.2) is 0 Å². The summed E-state index contributed by atoms with van der Waals surface area (Å²) >= 11 is 0. The van der Waals surface area contributed by atoms with Crippen LogP contribution in [0.15, 0.2) is 65.8 Å². The first-order valence-electron chi connectivity index (χ1n) is 7.83. The van der Waals surface area contributed by atoms with E-state index in [2.05, 4.69) is 10.5 Å². The minimum absolute atomic E-state index is 0.117. The van der Waals surface area contributed by atoms with Gasteiger partial charge in [0.1, 0.15) is 11.5 Å². The van der Waals surface area contributed by atoms with Gasteiger partial charge in [0, 0.05) is 5.56 Å². The molecule has 126 valence electrons. The van der Waals surface area contributed by atoms with Crippen molar-refractivity contribution in [2.45, 2.75) is 6.42 Å². The Morgan fingerprint density at radius 3 is 2.64 bits per heavy atom. The van der Waals surface area contributed by atoms with Crippen LogP contribution in [-0.2, 0) is 11.2 Å². The minimum atomic E-state index is -0.235. The third-order valence-electron chi connectivity index (χ3n) is 3.85. The number of phenolic OH excluding ortho intramolecular Hbond substituents is 1. The van der Waals surface area contributed by atoms with Crippen molar-refractivity contribution >= 4 is 22.9 Å². The van der Waals surface area contributed by atoms with Gasteiger partial charge in [-0.25, -0.2) is 5.43 Å². The second kappa shape index (κ2) is 7.49. The van der Waals surface area contributed by atoms with E-state index in [4.69, 9.17) is 4.74 Å². The molecule has 0 heterocycles. The second-order valence-corrected chi connectivity index (χ2v) is 5.54. The summed E-state index contributed by atoms with van der Waals surface area (Å²) in [7, 11) is 1.60. The molecule has 25 heavy (non-hydrogen) atoms. The minimum Gasteiger partial charge on any atom is -0.507 e. The number of ether oxygens (including phenoxy) is 1. The van der Waals surface area contributed by atoms with Crippen LogP contribution in [0.2, 0.25) is 0 Å². The van der Waals surface area contributed by atoms with E-state index < -0.39 is 0 Å². The number of nitrogens with one attached hydrogen (secondary N) is 1. The van der Waals surface area contributed by atoms with Gasteiger partial charge >= 0.3 is 0 Å². The largest absolute Gasteiger partial charge is 0.507 e. The molecular formula is C20H18N2O3. The molecule has 0 radical (unpaired) electrons. The van der Waals surface area contributed by atoms with Crippen LogP contribution in [0.5, 0.6) is 11.5 Å². The number of rotatable bonds is 5. The van der Waals surface area contributed by atoms with Crippen molar-refractivity contribution in [2.24, 2.45) is 5.10 Å². The Labute approximate surface area is 145 Å². The highest BCUT2D eigenvalue weighted by Gasteiger charge is 2.05. The summed E-state index contributed by atoms with van der Waals surface area (Å²) < 4.78 is 5.09. The molecule has 0 aliphatic heterocycles. The molecule has 0 atom stereocenters. The van der Waals surface area contributed by atoms with Crippen LogP contribution in [0.25, 0.3) is 10.8 Å². The van der Waals surface area contributed by atoms with Gasteiger partial charge in [-0.2, -0.15) is 5.10 Å². The van der Waals surface area contributed by atoms with Gasteiger partial charge in [-0.05, 0) is 34.5 Å². The Bertz CT molecular complexity index is 918. The third kappa shape index (κ3) is 3.95. The number of methoxy groups -OCH3 is 1. The van der Waals surface area contributed by atoms with Crippen molar-refractivity contribution in [3.8, 4) is 11.5 Å². The van der Waals surface area contributed by atoms with Crippen molar-refractivity contribution in [1.29, 1.82) is 0 Å². The summed E-state index contributed by atoms with van der Waals surface area (Å²) in [4.78, 5) is 12.0. The molecule has 0 fully saturated rings. The van der Waals surface area contributed by atoms with E-state index in [0.717, 1.165) is 22.1 Å². The standard InChI is InChI=1S/C20H18N2O3/c1-25-16-9-6-14(7-10-16)12-20(24)22-21-13-18-17-5-3-2-4-15(17)8-11-19(18)23/h2-11,13,23H,12H2,1H3,(H,22,24)/b21-13-. The van der Waals surface area contributed by atoms with Crippen molar-refractivity contribution in [1.82, 2.24) is 5.43 Å². The molecule has 5 heteroatoms. The highest BCUT2D eigenvalue weighted by atomic mass is 16.5. The number of hydrazone groups is 1. The van der Waals surface area contributed by atoms with Crippen LogP contribution in [0.3, 0.4) is 0 Å². The average molecular weight is 334 g/mol. The van der Waals surface area contributed by atoms with Crippen LogP contribution in [0.1, 0.15) is 11.1 Å². The zero-order chi connectivity index (χ0) is 17.6. The van der Waals surface area contributed by atoms with E-state index in [1.165, 1.54) is 6.21 Å². The van der Waals surface area contributed by atoms with Gasteiger partial charge in [0.05, 0.1) is 19.7 Å². The molecule has 3 aromatic rings. The van der Waals surface area contributed by atoms with E-state index in [9.17, 15) is 9.90 Å². The van der Waals surface area contributed by atoms with Crippen LogP contribution < -0.4 is 10.2 Å². The zero-order valence-corrected chi connectivity index (χ0v) is 13.8. The highest BCUT2D eigenvalue weighted by molar-refractivity contribution is 6.02. The predicted molar refractivity (Wildman–Crippen MR) is 98.0 cm³/mol. The maximum absolute atomic E-state index is 12.0. The SMILES string of the molecule is COc1ccc(CC(=O)N/N=C\c2c(O)ccc3ccccc23)cc1. The molecular weight excluding hydrogens is 316 g/mol. The van der Waals surface area contributed by atoms with Gasteiger partial charge in [-0.1, -0.05) is 42.5 Å². The summed E-state index contributed by atoms with van der Waals surface area (Å²) in [5, 5.41) is 15.9. The summed E-state index contributed by atoms with van der Waals surface area (Å²) in [5.74, 6) is 0.626. The number of amides is 1. The maximum Gasteiger partial charge on any atom is 0.244 e. The summed E-state index contributed by atoms with van der Waals surface area (Å²) in [6.45, 7) is 0. The predicted octanol–water partition coefficient (Wildman–Crippen LogP) is 3.25. The molecule has 0 aliphatic rings. The van der Waals surface area contributed by atoms with Crippen molar-refractivity contribution in [2.75, 3.05) is 7.11 Å². The fourth-order valence-electron chi connectivity index (χ4n) is 2.56. The number of aromatic hydroxyl groups is 1. The van der Waals surface area contributed by atoms with Gasteiger partial charge in [-0.15, -0.1) is 0 Å². The lowest BCUT2D eigenvalue weighted by Gasteiger charge is -2.05. The van der Waals surface area contributed by atoms with Gasteiger partial charge in [-0.3, -0.25) is 4.79 Å². The molecule has 0 aromatic heterocycles. The lowest BCUT2D eigenvalue weighted by Crippen LogP contribution is -2.19. The monoisotopic (exact) mass is 334 g/mol. The first kappa shape index (κ1) is 16.5. The topological polar surface area (TPSA) is 70.9 Å². The maximum atomic E-state index is 12.0. The number of carbonyl (C=O) groups excluding carboxylic acids is 1. The number of benzene rings is 3. The quantitative estimate of drug-likeness (QED) is 0.556. The van der Waals surface area contributed by atoms with Crippen molar-refractivity contribution < 1.29 is 14.6 Å². The molecule has 5 nitrogen and oxygen atoms in total. The van der Waals surface area contributed by atoms with Gasteiger partial charge < -0.3 is 9.84 Å². The number of hydrogen-bond donors (Lipinski definition) is 2. The molecule has 0 aliphatic carbocycles. The Kier molecular flexibility index (Phi) is 4.95. The lowest BCUT2D eigenvalue weighted by molar-refractivity contribution is -0.120. The number of carbonyl (C=O) groups is 1. The summed E-state index contributed by atoms with van der Waals surface area (Å²) in [6.07, 6.45) is 1.67. The van der Waals surface area contributed by atoms with Crippen molar-refractivity contribution in [3.05, 3.63) is 71.8 Å². The third-order valence-corrected chi connectivity index (χ3v) is 3.85. The van der Waals surface area contributed by atoms with Crippen LogP contribution in [-0.4, -0.2) is 24.3 Å². The van der Waals surface area contributed by atoms with E-state index in [-0.39, 0.29) is 18.1 Å². The van der Waals surface area contributed by atoms with Crippen LogP contribution >= 0.6 is 0 Å². The Balaban J connectivity index is 1.68. The first-order valence-corrected chi connectivity index (χ1v) is 7.83. The zero-order valence-electron chi connectivity index (χ0n) is 13.8.